The van der Waals surface area contributed by atoms with Gasteiger partial charge < -0.3 is 14.8 Å². The third kappa shape index (κ3) is 4.84. The molecule has 0 radical (unpaired) electrons. The smallest absolute Gasteiger partial charge is 0.326 e. The van der Waals surface area contributed by atoms with Crippen LogP contribution in [0.2, 0.25) is 0 Å². The molecule has 0 unspecified atom stereocenters. The zero-order valence-corrected chi connectivity index (χ0v) is 15.7. The highest BCUT2D eigenvalue weighted by molar-refractivity contribution is 6.08. The lowest BCUT2D eigenvalue weighted by atomic mass is 9.95. The minimum absolute atomic E-state index is 0.366. The summed E-state index contributed by atoms with van der Waals surface area (Å²) in [7, 11) is 1.52. The molecule has 3 amide bonds. The first kappa shape index (κ1) is 20.4. The van der Waals surface area contributed by atoms with E-state index in [1.165, 1.54) is 7.11 Å². The van der Waals surface area contributed by atoms with Crippen molar-refractivity contribution in [1.29, 1.82) is 0 Å². The second-order valence-corrected chi connectivity index (χ2v) is 6.57. The Morgan fingerprint density at radius 2 is 1.85 bits per heavy atom. The zero-order valence-electron chi connectivity index (χ0n) is 15.7. The summed E-state index contributed by atoms with van der Waals surface area (Å²) in [5.74, 6) is -1.07. The van der Waals surface area contributed by atoms with Crippen molar-refractivity contribution in [1.82, 2.24) is 10.2 Å². The van der Waals surface area contributed by atoms with Crippen molar-refractivity contribution in [3.05, 3.63) is 29.8 Å². The minimum atomic E-state index is -1.01. The van der Waals surface area contributed by atoms with Crippen LogP contribution in [0, 0.1) is 0 Å². The topological polar surface area (TPSA) is 102 Å². The summed E-state index contributed by atoms with van der Waals surface area (Å²) in [4.78, 5) is 49.4. The summed E-state index contributed by atoms with van der Waals surface area (Å²) in [5.41, 5.74) is -0.641. The van der Waals surface area contributed by atoms with E-state index in [0.717, 1.165) is 17.7 Å². The average molecular weight is 376 g/mol. The number of ether oxygens (including phenoxy) is 2. The standard InChI is InChI=1S/C19H24N2O6/c1-4-5-10-19(2)17(24)21(18(25)20-19)11-16(23)27-12-15(22)13-6-8-14(26-3)9-7-13/h6-9H,4-5,10-12H2,1-3H3,(H,20,25)/t19-/m0/s1. The number of nitrogens with zero attached hydrogens (tertiary/aromatic N) is 1. The van der Waals surface area contributed by atoms with Gasteiger partial charge >= 0.3 is 12.0 Å². The van der Waals surface area contributed by atoms with Gasteiger partial charge in [0.15, 0.2) is 12.4 Å². The lowest BCUT2D eigenvalue weighted by Gasteiger charge is -2.21. The molecule has 8 nitrogen and oxygen atoms in total. The van der Waals surface area contributed by atoms with Gasteiger partial charge in [-0.25, -0.2) is 4.79 Å². The monoisotopic (exact) mass is 376 g/mol. The number of nitrogens with one attached hydrogen (secondary N) is 1. The molecule has 1 aliphatic heterocycles. The van der Waals surface area contributed by atoms with Crippen LogP contribution in [0.3, 0.4) is 0 Å². The number of carbonyl (C=O) groups is 4. The molecule has 0 aromatic heterocycles. The molecular weight excluding hydrogens is 352 g/mol. The number of benzene rings is 1. The number of ketones is 1. The van der Waals surface area contributed by atoms with Crippen LogP contribution in [0.5, 0.6) is 5.75 Å². The highest BCUT2D eigenvalue weighted by atomic mass is 16.5. The SMILES string of the molecule is CCCC[C@]1(C)NC(=O)N(CC(=O)OCC(=O)c2ccc(OC)cc2)C1=O. The number of hydrogen-bond donors (Lipinski definition) is 1. The zero-order chi connectivity index (χ0) is 20.0. The lowest BCUT2D eigenvalue weighted by Crippen LogP contribution is -2.44. The maximum Gasteiger partial charge on any atom is 0.326 e. The Labute approximate surface area is 157 Å². The molecule has 0 aliphatic carbocycles. The number of methoxy groups -OCH3 is 1. The van der Waals surface area contributed by atoms with Gasteiger partial charge in [-0.2, -0.15) is 0 Å². The fraction of sp³-hybridized carbons (Fsp3) is 0.474. The van der Waals surface area contributed by atoms with E-state index in [-0.39, 0.29) is 0 Å². The van der Waals surface area contributed by atoms with Crippen molar-refractivity contribution in [2.24, 2.45) is 0 Å². The molecule has 1 aromatic rings. The fourth-order valence-corrected chi connectivity index (χ4v) is 2.77. The molecule has 1 N–H and O–H groups in total. The van der Waals surface area contributed by atoms with Crippen LogP contribution < -0.4 is 10.1 Å². The predicted molar refractivity (Wildman–Crippen MR) is 96.5 cm³/mol. The molecule has 1 heterocycles. The van der Waals surface area contributed by atoms with E-state index < -0.39 is 42.4 Å². The van der Waals surface area contributed by atoms with Crippen LogP contribution in [0.15, 0.2) is 24.3 Å². The maximum atomic E-state index is 12.5. The van der Waals surface area contributed by atoms with Crippen LogP contribution in [0.4, 0.5) is 4.79 Å². The molecule has 2 rings (SSSR count). The summed E-state index contributed by atoms with van der Waals surface area (Å²) < 4.78 is 9.94. The lowest BCUT2D eigenvalue weighted by molar-refractivity contribution is -0.146. The van der Waals surface area contributed by atoms with E-state index in [9.17, 15) is 19.2 Å². The second kappa shape index (κ2) is 8.66. The summed E-state index contributed by atoms with van der Waals surface area (Å²) in [6, 6.07) is 5.74. The molecule has 0 saturated carbocycles. The molecule has 0 spiro atoms. The molecule has 1 aliphatic rings. The van der Waals surface area contributed by atoms with Gasteiger partial charge in [-0.05, 0) is 37.6 Å². The summed E-state index contributed by atoms with van der Waals surface area (Å²) in [5, 5.41) is 2.62. The molecule has 8 heteroatoms. The molecule has 0 bridgehead atoms. The van der Waals surface area contributed by atoms with E-state index in [0.29, 0.717) is 17.7 Å². The molecule has 1 aromatic carbocycles. The van der Waals surface area contributed by atoms with Gasteiger partial charge in [-0.1, -0.05) is 19.8 Å². The van der Waals surface area contributed by atoms with Gasteiger partial charge in [0.1, 0.15) is 17.8 Å². The second-order valence-electron chi connectivity index (χ2n) is 6.57. The number of esters is 1. The van der Waals surface area contributed by atoms with E-state index in [2.05, 4.69) is 5.32 Å². The largest absolute Gasteiger partial charge is 0.497 e. The van der Waals surface area contributed by atoms with Crippen LogP contribution in [-0.2, 0) is 14.3 Å². The summed E-state index contributed by atoms with van der Waals surface area (Å²) >= 11 is 0. The van der Waals surface area contributed by atoms with Crippen LogP contribution in [0.25, 0.3) is 0 Å². The Balaban J connectivity index is 1.88. The third-order valence-corrected chi connectivity index (χ3v) is 4.44. The number of Topliss-reactive ketones (excluding diaryl/α,β-unsaturated/α-hetero) is 1. The van der Waals surface area contributed by atoms with E-state index >= 15 is 0 Å². The third-order valence-electron chi connectivity index (χ3n) is 4.44. The normalized spacial score (nSPS) is 19.0. The van der Waals surface area contributed by atoms with Crippen LogP contribution in [0.1, 0.15) is 43.5 Å². The first-order valence-corrected chi connectivity index (χ1v) is 8.77. The first-order valence-electron chi connectivity index (χ1n) is 8.77. The molecular formula is C19H24N2O6. The summed E-state index contributed by atoms with van der Waals surface area (Å²) in [6.45, 7) is 2.63. The minimum Gasteiger partial charge on any atom is -0.497 e. The number of hydrogen-bond acceptors (Lipinski definition) is 6. The van der Waals surface area contributed by atoms with Crippen LogP contribution >= 0.6 is 0 Å². The van der Waals surface area contributed by atoms with E-state index in [1.807, 2.05) is 6.92 Å². The molecule has 1 fully saturated rings. The molecule has 27 heavy (non-hydrogen) atoms. The van der Waals surface area contributed by atoms with Crippen molar-refractivity contribution in [2.45, 2.75) is 38.6 Å². The Hall–Kier alpha value is -2.90. The van der Waals surface area contributed by atoms with Gasteiger partial charge in [0.2, 0.25) is 0 Å². The maximum absolute atomic E-state index is 12.5. The Morgan fingerprint density at radius 1 is 1.19 bits per heavy atom. The van der Waals surface area contributed by atoms with Crippen molar-refractivity contribution in [3.8, 4) is 5.75 Å². The quantitative estimate of drug-likeness (QED) is 0.401. The fourth-order valence-electron chi connectivity index (χ4n) is 2.77. The number of imide groups is 1. The van der Waals surface area contributed by atoms with E-state index in [4.69, 9.17) is 9.47 Å². The van der Waals surface area contributed by atoms with Gasteiger partial charge in [0.05, 0.1) is 7.11 Å². The highest BCUT2D eigenvalue weighted by Gasteiger charge is 2.47. The van der Waals surface area contributed by atoms with Gasteiger partial charge in [-0.15, -0.1) is 0 Å². The van der Waals surface area contributed by atoms with Crippen LogP contribution in [-0.4, -0.2) is 54.4 Å². The van der Waals surface area contributed by atoms with Gasteiger partial charge in [0, 0.05) is 5.56 Å². The Kier molecular flexibility index (Phi) is 6.55. The van der Waals surface area contributed by atoms with Gasteiger partial charge in [-0.3, -0.25) is 19.3 Å². The number of amides is 3. The number of rotatable bonds is 9. The van der Waals surface area contributed by atoms with E-state index in [1.54, 1.807) is 31.2 Å². The highest BCUT2D eigenvalue weighted by Crippen LogP contribution is 2.23. The summed E-state index contributed by atoms with van der Waals surface area (Å²) in [6.07, 6.45) is 2.15. The number of unbranched alkanes of at least 4 members (excludes halogenated alkanes) is 1. The molecule has 1 saturated heterocycles. The first-order chi connectivity index (χ1) is 12.8. The number of carbonyl (C=O) groups excluding carboxylic acids is 4. The van der Waals surface area contributed by atoms with Crippen molar-refractivity contribution in [3.63, 3.8) is 0 Å². The Bertz CT molecular complexity index is 730. The molecule has 146 valence electrons. The predicted octanol–water partition coefficient (Wildman–Crippen LogP) is 1.92. The average Bonchev–Trinajstić information content (AvgIpc) is 2.88. The van der Waals surface area contributed by atoms with Crippen molar-refractivity contribution < 1.29 is 28.7 Å². The Morgan fingerprint density at radius 3 is 2.44 bits per heavy atom. The van der Waals surface area contributed by atoms with Crippen molar-refractivity contribution >= 4 is 23.7 Å². The van der Waals surface area contributed by atoms with Crippen molar-refractivity contribution in [2.75, 3.05) is 20.3 Å². The van der Waals surface area contributed by atoms with Gasteiger partial charge in [0.25, 0.3) is 5.91 Å². The number of urea groups is 1. The molecule has 1 atom stereocenters.